The highest BCUT2D eigenvalue weighted by Crippen LogP contribution is 2.39. The van der Waals surface area contributed by atoms with Crippen molar-refractivity contribution in [2.45, 2.75) is 64.3 Å². The molecule has 0 radical (unpaired) electrons. The Morgan fingerprint density at radius 3 is 2.19 bits per heavy atom. The van der Waals surface area contributed by atoms with Gasteiger partial charge in [-0.3, -0.25) is 0 Å². The van der Waals surface area contributed by atoms with Gasteiger partial charge in [0.2, 0.25) is 10.0 Å². The third-order valence-corrected chi connectivity index (χ3v) is 9.85. The quantitative estimate of drug-likeness (QED) is 0.265. The van der Waals surface area contributed by atoms with E-state index in [0.717, 1.165) is 25.8 Å². The number of sulfonamides is 1. The van der Waals surface area contributed by atoms with E-state index in [1.807, 2.05) is 12.1 Å². The Balaban J connectivity index is 1.37. The van der Waals surface area contributed by atoms with Crippen LogP contribution in [-0.4, -0.2) is 30.4 Å². The summed E-state index contributed by atoms with van der Waals surface area (Å²) in [7, 11) is -3.48. The van der Waals surface area contributed by atoms with Gasteiger partial charge >= 0.3 is 0 Å². The molecule has 5 rings (SSSR count). The Morgan fingerprint density at radius 1 is 0.865 bits per heavy atom. The van der Waals surface area contributed by atoms with Gasteiger partial charge in [-0.2, -0.15) is 4.31 Å². The fraction of sp³-hybridized carbons (Fsp3) is 0.375. The third-order valence-electron chi connectivity index (χ3n) is 7.94. The maximum absolute atomic E-state index is 13.4. The fourth-order valence-corrected chi connectivity index (χ4v) is 7.41. The number of aromatic nitrogens is 1. The van der Waals surface area contributed by atoms with Gasteiger partial charge < -0.3 is 4.57 Å². The topological polar surface area (TPSA) is 42.3 Å². The van der Waals surface area contributed by atoms with Crippen LogP contribution in [0.1, 0.15) is 60.6 Å². The molecule has 1 saturated heterocycles. The van der Waals surface area contributed by atoms with E-state index in [1.165, 1.54) is 38.9 Å². The first-order chi connectivity index (χ1) is 17.8. The largest absolute Gasteiger partial charge is 0.340 e. The molecule has 37 heavy (non-hydrogen) atoms. The van der Waals surface area contributed by atoms with Crippen molar-refractivity contribution in [2.24, 2.45) is 5.92 Å². The summed E-state index contributed by atoms with van der Waals surface area (Å²) in [5, 5.41) is 1.30. The van der Waals surface area contributed by atoms with Crippen LogP contribution >= 0.6 is 0 Å². The fourth-order valence-electron chi connectivity index (χ4n) is 5.94. The molecule has 194 valence electrons. The maximum atomic E-state index is 13.4. The van der Waals surface area contributed by atoms with Gasteiger partial charge in [-0.15, -0.1) is 0 Å². The summed E-state index contributed by atoms with van der Waals surface area (Å²) in [6.07, 6.45) is 2.64. The van der Waals surface area contributed by atoms with Gasteiger partial charge in [0.25, 0.3) is 0 Å². The first-order valence-electron chi connectivity index (χ1n) is 13.5. The van der Waals surface area contributed by atoms with Crippen LogP contribution in [0.2, 0.25) is 0 Å². The summed E-state index contributed by atoms with van der Waals surface area (Å²) in [5.74, 6) is 0.899. The number of piperidine rings is 1. The highest BCUT2D eigenvalue weighted by Gasteiger charge is 2.32. The first kappa shape index (κ1) is 25.7. The third kappa shape index (κ3) is 5.12. The molecule has 0 aliphatic carbocycles. The molecule has 1 fully saturated rings. The molecule has 0 atom stereocenters. The number of benzene rings is 3. The van der Waals surface area contributed by atoms with Gasteiger partial charge in [0.05, 0.1) is 4.90 Å². The number of aryl methyl sites for hydroxylation is 1. The molecular formula is C32H38N2O2S. The molecule has 1 aliphatic heterocycles. The van der Waals surface area contributed by atoms with Gasteiger partial charge in [0.1, 0.15) is 0 Å². The molecule has 1 aromatic heterocycles. The molecule has 0 spiro atoms. The van der Waals surface area contributed by atoms with E-state index < -0.39 is 10.0 Å². The Hall–Kier alpha value is -2.89. The predicted molar refractivity (Wildman–Crippen MR) is 153 cm³/mol. The van der Waals surface area contributed by atoms with E-state index in [9.17, 15) is 8.42 Å². The van der Waals surface area contributed by atoms with Gasteiger partial charge in [0.15, 0.2) is 0 Å². The molecule has 3 aromatic carbocycles. The lowest BCUT2D eigenvalue weighted by Gasteiger charge is -2.31. The number of nitrogens with zero attached hydrogens (tertiary/aromatic N) is 2. The van der Waals surface area contributed by atoms with E-state index in [4.69, 9.17) is 0 Å². The zero-order valence-corrected chi connectivity index (χ0v) is 23.3. The average molecular weight is 515 g/mol. The lowest BCUT2D eigenvalue weighted by Crippen LogP contribution is -2.38. The Kier molecular flexibility index (Phi) is 7.28. The van der Waals surface area contributed by atoms with Crippen molar-refractivity contribution in [3.05, 3.63) is 101 Å². The number of hydrogen-bond donors (Lipinski definition) is 0. The van der Waals surface area contributed by atoms with Crippen LogP contribution in [-0.2, 0) is 23.0 Å². The van der Waals surface area contributed by atoms with Gasteiger partial charge in [-0.05, 0) is 85.4 Å². The van der Waals surface area contributed by atoms with Crippen LogP contribution in [0.3, 0.4) is 0 Å². The Morgan fingerprint density at radius 2 is 1.51 bits per heavy atom. The van der Waals surface area contributed by atoms with Crippen LogP contribution in [0.15, 0.2) is 77.7 Å². The normalized spacial score (nSPS) is 15.6. The minimum absolute atomic E-state index is 0.350. The Bertz CT molecular complexity index is 1490. The number of hydrogen-bond acceptors (Lipinski definition) is 2. The summed E-state index contributed by atoms with van der Waals surface area (Å²) >= 11 is 0. The summed E-state index contributed by atoms with van der Waals surface area (Å²) in [6.45, 7) is 10.7. The molecule has 4 nitrogen and oxygen atoms in total. The monoisotopic (exact) mass is 514 g/mol. The maximum Gasteiger partial charge on any atom is 0.243 e. The van der Waals surface area contributed by atoms with Gasteiger partial charge in [-0.25, -0.2) is 8.42 Å². The lowest BCUT2D eigenvalue weighted by molar-refractivity contribution is 0.319. The molecule has 0 unspecified atom stereocenters. The summed E-state index contributed by atoms with van der Waals surface area (Å²) in [5.41, 5.74) is 7.76. The zero-order valence-electron chi connectivity index (χ0n) is 22.4. The van der Waals surface area contributed by atoms with Crippen molar-refractivity contribution < 1.29 is 8.42 Å². The molecule has 0 N–H and O–H groups in total. The van der Waals surface area contributed by atoms with Crippen molar-refractivity contribution in [2.75, 3.05) is 13.1 Å². The average Bonchev–Trinajstić information content (AvgIpc) is 3.16. The summed E-state index contributed by atoms with van der Waals surface area (Å²) in [6, 6.07) is 24.7. The second-order valence-electron chi connectivity index (χ2n) is 10.9. The smallest absolute Gasteiger partial charge is 0.243 e. The molecular weight excluding hydrogens is 476 g/mol. The molecule has 0 bridgehead atoms. The van der Waals surface area contributed by atoms with E-state index in [1.54, 1.807) is 16.4 Å². The van der Waals surface area contributed by atoms with Crippen LogP contribution in [0, 0.1) is 19.8 Å². The second-order valence-corrected chi connectivity index (χ2v) is 12.9. The van der Waals surface area contributed by atoms with E-state index in [-0.39, 0.29) is 0 Å². The highest BCUT2D eigenvalue weighted by atomic mass is 32.2. The molecule has 2 heterocycles. The van der Waals surface area contributed by atoms with Crippen LogP contribution in [0.25, 0.3) is 10.9 Å². The zero-order chi connectivity index (χ0) is 26.2. The summed E-state index contributed by atoms with van der Waals surface area (Å²) < 4.78 is 30.9. The van der Waals surface area contributed by atoms with Gasteiger partial charge in [0, 0.05) is 36.2 Å². The lowest BCUT2D eigenvalue weighted by atomic mass is 9.88. The standard InChI is InChI=1S/C32H38N2O2S/c1-23(2)21-26-13-15-29(16-14-26)37(35,36)33-19-17-27(18-20-33)32-25(4)34(31-12-8-7-11-30(31)32)22-28-10-6-5-9-24(28)3/h5-16,23,27H,17-22H2,1-4H3. The van der Waals surface area contributed by atoms with Crippen LogP contribution < -0.4 is 0 Å². The Labute approximate surface area is 222 Å². The van der Waals surface area contributed by atoms with Crippen molar-refractivity contribution in [3.8, 4) is 0 Å². The van der Waals surface area contributed by atoms with Crippen molar-refractivity contribution in [3.63, 3.8) is 0 Å². The molecule has 5 heteroatoms. The molecule has 0 amide bonds. The first-order valence-corrected chi connectivity index (χ1v) is 14.9. The van der Waals surface area contributed by atoms with Crippen molar-refractivity contribution in [1.29, 1.82) is 0 Å². The highest BCUT2D eigenvalue weighted by molar-refractivity contribution is 7.89. The van der Waals surface area contributed by atoms with Crippen LogP contribution in [0.4, 0.5) is 0 Å². The van der Waals surface area contributed by atoms with E-state index >= 15 is 0 Å². The number of rotatable bonds is 7. The minimum atomic E-state index is -3.48. The van der Waals surface area contributed by atoms with E-state index in [2.05, 4.69) is 80.8 Å². The molecule has 1 aliphatic rings. The molecule has 4 aromatic rings. The van der Waals surface area contributed by atoms with Gasteiger partial charge in [-0.1, -0.05) is 68.4 Å². The number of para-hydroxylation sites is 1. The number of fused-ring (bicyclic) bond motifs is 1. The molecule has 0 saturated carbocycles. The SMILES string of the molecule is Cc1ccccc1Cn1c(C)c(C2CCN(S(=O)(=O)c3ccc(CC(C)C)cc3)CC2)c2ccccc21. The second kappa shape index (κ2) is 10.5. The predicted octanol–water partition coefficient (Wildman–Crippen LogP) is 7.07. The summed E-state index contributed by atoms with van der Waals surface area (Å²) in [4.78, 5) is 0.407. The van der Waals surface area contributed by atoms with E-state index in [0.29, 0.717) is 29.8 Å². The minimum Gasteiger partial charge on any atom is -0.340 e. The van der Waals surface area contributed by atoms with Crippen LogP contribution in [0.5, 0.6) is 0 Å². The van der Waals surface area contributed by atoms with Crippen molar-refractivity contribution >= 4 is 20.9 Å². The van der Waals surface area contributed by atoms with Crippen molar-refractivity contribution in [1.82, 2.24) is 8.87 Å².